The van der Waals surface area contributed by atoms with E-state index in [9.17, 15) is 4.79 Å². The lowest BCUT2D eigenvalue weighted by Crippen LogP contribution is -2.45. The van der Waals surface area contributed by atoms with Gasteiger partial charge in [0.1, 0.15) is 5.01 Å². The summed E-state index contributed by atoms with van der Waals surface area (Å²) in [6.07, 6.45) is 5.64. The van der Waals surface area contributed by atoms with Gasteiger partial charge in [-0.2, -0.15) is 0 Å². The highest BCUT2D eigenvalue weighted by atomic mass is 79.9. The number of nitrogens with one attached hydrogen (secondary N) is 1. The van der Waals surface area contributed by atoms with Crippen LogP contribution in [0.4, 0.5) is 5.95 Å². The zero-order valence-corrected chi connectivity index (χ0v) is 17.7. The van der Waals surface area contributed by atoms with Crippen molar-refractivity contribution >= 4 is 50.5 Å². The molecule has 4 heterocycles. The predicted octanol–water partition coefficient (Wildman–Crippen LogP) is 3.75. The summed E-state index contributed by atoms with van der Waals surface area (Å²) in [5.74, 6) is 0.797. The van der Waals surface area contributed by atoms with Crippen LogP contribution in [-0.2, 0) is 11.2 Å². The summed E-state index contributed by atoms with van der Waals surface area (Å²) in [7, 11) is 0. The molecule has 1 saturated heterocycles. The minimum atomic E-state index is 0.0358. The minimum absolute atomic E-state index is 0.0358. The van der Waals surface area contributed by atoms with Gasteiger partial charge in [-0.15, -0.1) is 22.7 Å². The first-order valence-corrected chi connectivity index (χ1v) is 11.2. The van der Waals surface area contributed by atoms with Gasteiger partial charge in [0.15, 0.2) is 0 Å². The second-order valence-electron chi connectivity index (χ2n) is 6.33. The smallest absolute Gasteiger partial charge is 0.226 e. The third-order valence-corrected chi connectivity index (χ3v) is 7.12. The van der Waals surface area contributed by atoms with Gasteiger partial charge < -0.3 is 10.2 Å². The van der Waals surface area contributed by atoms with Crippen molar-refractivity contribution in [2.45, 2.75) is 25.3 Å². The molecule has 3 aromatic heterocycles. The van der Waals surface area contributed by atoms with E-state index in [1.165, 1.54) is 0 Å². The molecule has 0 aromatic carbocycles. The lowest BCUT2D eigenvalue weighted by Gasteiger charge is -2.32. The molecule has 1 aliphatic rings. The van der Waals surface area contributed by atoms with Crippen LogP contribution in [-0.4, -0.2) is 40.0 Å². The maximum atomic E-state index is 12.4. The monoisotopic (exact) mass is 463 g/mol. The van der Waals surface area contributed by atoms with E-state index in [0.29, 0.717) is 6.42 Å². The topological polar surface area (TPSA) is 71.0 Å². The highest BCUT2D eigenvalue weighted by Crippen LogP contribution is 2.32. The van der Waals surface area contributed by atoms with Gasteiger partial charge in [0, 0.05) is 46.8 Å². The SMILES string of the molecule is O=C(Cc1csc(-c2cc(Br)cs2)n1)NC1CCN(c2ncccn2)CC1. The maximum absolute atomic E-state index is 12.4. The van der Waals surface area contributed by atoms with Crippen LogP contribution in [0.5, 0.6) is 0 Å². The first-order valence-electron chi connectivity index (χ1n) is 8.67. The molecule has 1 N–H and O–H groups in total. The first kappa shape index (κ1) is 18.5. The Bertz CT molecular complexity index is 905. The third-order valence-electron chi connectivity index (χ3n) is 4.37. The number of amides is 1. The molecule has 1 amide bonds. The van der Waals surface area contributed by atoms with E-state index < -0.39 is 0 Å². The number of nitrogens with zero attached hydrogens (tertiary/aromatic N) is 4. The molecular weight excluding hydrogens is 446 g/mol. The van der Waals surface area contributed by atoms with Crippen molar-refractivity contribution in [1.29, 1.82) is 0 Å². The van der Waals surface area contributed by atoms with Crippen molar-refractivity contribution in [2.24, 2.45) is 0 Å². The number of aromatic nitrogens is 3. The molecule has 1 fully saturated rings. The Balaban J connectivity index is 1.27. The van der Waals surface area contributed by atoms with Crippen LogP contribution in [0, 0.1) is 0 Å². The first-order chi connectivity index (χ1) is 13.2. The number of carbonyl (C=O) groups is 1. The van der Waals surface area contributed by atoms with Crippen molar-refractivity contribution in [3.05, 3.63) is 45.5 Å². The van der Waals surface area contributed by atoms with Gasteiger partial charge in [-0.1, -0.05) is 0 Å². The molecule has 0 aliphatic carbocycles. The van der Waals surface area contributed by atoms with Gasteiger partial charge in [0.05, 0.1) is 17.0 Å². The Morgan fingerprint density at radius 3 is 2.70 bits per heavy atom. The molecule has 3 aromatic rings. The number of thiazole rings is 1. The molecule has 0 radical (unpaired) electrons. The second-order valence-corrected chi connectivity index (χ2v) is 9.01. The number of halogens is 1. The Hall–Kier alpha value is -1.84. The number of carbonyl (C=O) groups excluding carboxylic acids is 1. The standard InChI is InChI=1S/C18H18BrN5OS2/c19-12-8-15(26-10-12)17-23-14(11-27-17)9-16(25)22-13-2-6-24(7-3-13)18-20-4-1-5-21-18/h1,4-5,8,10-11,13H,2-3,6-7,9H2,(H,22,25). The van der Waals surface area contributed by atoms with E-state index in [1.54, 1.807) is 35.1 Å². The normalized spacial score (nSPS) is 15.1. The van der Waals surface area contributed by atoms with Crippen molar-refractivity contribution in [2.75, 3.05) is 18.0 Å². The lowest BCUT2D eigenvalue weighted by molar-refractivity contribution is -0.121. The number of anilines is 1. The molecule has 140 valence electrons. The Kier molecular flexibility index (Phi) is 5.80. The average Bonchev–Trinajstić information content (AvgIpc) is 3.32. The van der Waals surface area contributed by atoms with Crippen LogP contribution in [0.15, 0.2) is 39.8 Å². The fraction of sp³-hybridized carbons (Fsp3) is 0.333. The third kappa shape index (κ3) is 4.72. The molecular formula is C18H18BrN5OS2. The molecule has 9 heteroatoms. The molecule has 27 heavy (non-hydrogen) atoms. The summed E-state index contributed by atoms with van der Waals surface area (Å²) in [5, 5.41) is 8.12. The number of thiophene rings is 1. The van der Waals surface area contributed by atoms with E-state index in [0.717, 1.165) is 51.9 Å². The minimum Gasteiger partial charge on any atom is -0.353 e. The Labute approximate surface area is 173 Å². The predicted molar refractivity (Wildman–Crippen MR) is 112 cm³/mol. The summed E-state index contributed by atoms with van der Waals surface area (Å²) in [6.45, 7) is 1.70. The summed E-state index contributed by atoms with van der Waals surface area (Å²) in [5.41, 5.74) is 0.826. The van der Waals surface area contributed by atoms with E-state index in [1.807, 2.05) is 16.8 Å². The number of hydrogen-bond donors (Lipinski definition) is 1. The number of piperidine rings is 1. The maximum Gasteiger partial charge on any atom is 0.226 e. The van der Waals surface area contributed by atoms with Gasteiger partial charge in [-0.3, -0.25) is 4.79 Å². The van der Waals surface area contributed by atoms with E-state index in [-0.39, 0.29) is 11.9 Å². The molecule has 0 bridgehead atoms. The van der Waals surface area contributed by atoms with Crippen LogP contribution >= 0.6 is 38.6 Å². The highest BCUT2D eigenvalue weighted by molar-refractivity contribution is 9.10. The molecule has 1 aliphatic heterocycles. The average molecular weight is 464 g/mol. The lowest BCUT2D eigenvalue weighted by atomic mass is 10.1. The Morgan fingerprint density at radius 1 is 1.22 bits per heavy atom. The largest absolute Gasteiger partial charge is 0.353 e. The number of hydrogen-bond acceptors (Lipinski definition) is 7. The highest BCUT2D eigenvalue weighted by Gasteiger charge is 2.22. The molecule has 0 spiro atoms. The van der Waals surface area contributed by atoms with E-state index in [4.69, 9.17) is 0 Å². The van der Waals surface area contributed by atoms with Crippen molar-refractivity contribution in [3.8, 4) is 9.88 Å². The fourth-order valence-corrected chi connectivity index (χ4v) is 5.38. The van der Waals surface area contributed by atoms with Crippen LogP contribution in [0.3, 0.4) is 0 Å². The van der Waals surface area contributed by atoms with Gasteiger partial charge in [0.2, 0.25) is 11.9 Å². The van der Waals surface area contributed by atoms with Crippen LogP contribution in [0.25, 0.3) is 9.88 Å². The molecule has 0 atom stereocenters. The van der Waals surface area contributed by atoms with Crippen LogP contribution < -0.4 is 10.2 Å². The molecule has 6 nitrogen and oxygen atoms in total. The second kappa shape index (κ2) is 8.45. The van der Waals surface area contributed by atoms with Crippen LogP contribution in [0.1, 0.15) is 18.5 Å². The van der Waals surface area contributed by atoms with E-state index in [2.05, 4.69) is 47.2 Å². The summed E-state index contributed by atoms with van der Waals surface area (Å²) in [4.78, 5) is 28.9. The van der Waals surface area contributed by atoms with Crippen molar-refractivity contribution in [3.63, 3.8) is 0 Å². The summed E-state index contributed by atoms with van der Waals surface area (Å²) < 4.78 is 1.06. The van der Waals surface area contributed by atoms with Crippen LogP contribution in [0.2, 0.25) is 0 Å². The van der Waals surface area contributed by atoms with E-state index >= 15 is 0 Å². The van der Waals surface area contributed by atoms with Gasteiger partial charge in [-0.25, -0.2) is 15.0 Å². The van der Waals surface area contributed by atoms with Gasteiger partial charge in [-0.05, 0) is 40.9 Å². The molecule has 4 rings (SSSR count). The summed E-state index contributed by atoms with van der Waals surface area (Å²) in [6, 6.07) is 4.07. The quantitative estimate of drug-likeness (QED) is 0.623. The van der Waals surface area contributed by atoms with Gasteiger partial charge >= 0.3 is 0 Å². The zero-order valence-electron chi connectivity index (χ0n) is 14.5. The fourth-order valence-electron chi connectivity index (χ4n) is 3.05. The van der Waals surface area contributed by atoms with Crippen molar-refractivity contribution in [1.82, 2.24) is 20.3 Å². The van der Waals surface area contributed by atoms with Crippen molar-refractivity contribution < 1.29 is 4.79 Å². The summed E-state index contributed by atoms with van der Waals surface area (Å²) >= 11 is 6.69. The zero-order chi connectivity index (χ0) is 18.6. The Morgan fingerprint density at radius 2 is 2.00 bits per heavy atom. The molecule has 0 saturated carbocycles. The van der Waals surface area contributed by atoms with Gasteiger partial charge in [0.25, 0.3) is 0 Å². The number of rotatable bonds is 5. The molecule has 0 unspecified atom stereocenters.